The van der Waals surface area contributed by atoms with Crippen molar-refractivity contribution in [2.24, 2.45) is 0 Å². The standard InChI is InChI=1S/C18H24N2O5/c21-17(22)7-6-14(8-13-4-2-1-3-5-13)19-18(23)20-9-15-11-24-12-16(10-20)25-15/h1-5,14-16H,6-12H2,(H,19,23)(H,21,22). The van der Waals surface area contributed by atoms with E-state index in [1.54, 1.807) is 4.90 Å². The van der Waals surface area contributed by atoms with Gasteiger partial charge in [0.25, 0.3) is 0 Å². The van der Waals surface area contributed by atoms with Gasteiger partial charge in [0.1, 0.15) is 0 Å². The molecule has 2 saturated heterocycles. The molecule has 0 aliphatic carbocycles. The molecule has 0 spiro atoms. The number of amides is 2. The minimum atomic E-state index is -0.856. The average Bonchev–Trinajstić information content (AvgIpc) is 2.60. The van der Waals surface area contributed by atoms with Crippen LogP contribution in [0.1, 0.15) is 18.4 Å². The van der Waals surface area contributed by atoms with Crippen molar-refractivity contribution in [1.82, 2.24) is 10.2 Å². The molecule has 0 radical (unpaired) electrons. The van der Waals surface area contributed by atoms with Crippen molar-refractivity contribution < 1.29 is 24.2 Å². The van der Waals surface area contributed by atoms with Crippen molar-refractivity contribution in [2.45, 2.75) is 37.5 Å². The quantitative estimate of drug-likeness (QED) is 0.808. The Morgan fingerprint density at radius 2 is 1.88 bits per heavy atom. The molecule has 0 aromatic heterocycles. The molecule has 25 heavy (non-hydrogen) atoms. The number of rotatable bonds is 6. The largest absolute Gasteiger partial charge is 0.481 e. The van der Waals surface area contributed by atoms with Crippen LogP contribution in [0.5, 0.6) is 0 Å². The van der Waals surface area contributed by atoms with Gasteiger partial charge in [-0.25, -0.2) is 4.79 Å². The van der Waals surface area contributed by atoms with E-state index >= 15 is 0 Å². The number of hydrogen-bond acceptors (Lipinski definition) is 4. The van der Waals surface area contributed by atoms with Crippen molar-refractivity contribution in [3.05, 3.63) is 35.9 Å². The monoisotopic (exact) mass is 348 g/mol. The number of benzene rings is 1. The molecule has 2 heterocycles. The minimum absolute atomic E-state index is 0.0278. The highest BCUT2D eigenvalue weighted by Gasteiger charge is 2.34. The molecule has 2 N–H and O–H groups in total. The van der Waals surface area contributed by atoms with Gasteiger partial charge in [0, 0.05) is 12.5 Å². The highest BCUT2D eigenvalue weighted by Crippen LogP contribution is 2.17. The summed E-state index contributed by atoms with van der Waals surface area (Å²) in [6.45, 7) is 2.01. The van der Waals surface area contributed by atoms with Gasteiger partial charge in [-0.2, -0.15) is 0 Å². The van der Waals surface area contributed by atoms with E-state index in [2.05, 4.69) is 5.32 Å². The number of fused-ring (bicyclic) bond motifs is 2. The average molecular weight is 348 g/mol. The summed E-state index contributed by atoms with van der Waals surface area (Å²) in [5.74, 6) is -0.856. The molecule has 1 aromatic rings. The lowest BCUT2D eigenvalue weighted by atomic mass is 10.0. The second-order valence-corrected chi connectivity index (χ2v) is 6.59. The van der Waals surface area contributed by atoms with E-state index in [0.717, 1.165) is 5.56 Å². The molecule has 7 heteroatoms. The SMILES string of the molecule is O=C(O)CCC(Cc1ccccc1)NC(=O)N1CC2COCC(C1)O2. The lowest BCUT2D eigenvalue weighted by Crippen LogP contribution is -2.58. The summed E-state index contributed by atoms with van der Waals surface area (Å²) in [7, 11) is 0. The molecule has 2 aliphatic rings. The van der Waals surface area contributed by atoms with Gasteiger partial charge in [-0.05, 0) is 18.4 Å². The predicted octanol–water partition coefficient (Wildman–Crippen LogP) is 1.27. The van der Waals surface area contributed by atoms with Crippen molar-refractivity contribution in [3.8, 4) is 0 Å². The molecule has 2 fully saturated rings. The van der Waals surface area contributed by atoms with Crippen molar-refractivity contribution >= 4 is 12.0 Å². The summed E-state index contributed by atoms with van der Waals surface area (Å²) < 4.78 is 11.2. The third-order valence-corrected chi connectivity index (χ3v) is 4.49. The highest BCUT2D eigenvalue weighted by molar-refractivity contribution is 5.75. The van der Waals surface area contributed by atoms with Crippen LogP contribution in [0.15, 0.2) is 30.3 Å². The molecule has 2 bridgehead atoms. The van der Waals surface area contributed by atoms with Gasteiger partial charge < -0.3 is 24.8 Å². The highest BCUT2D eigenvalue weighted by atomic mass is 16.6. The van der Waals surface area contributed by atoms with Gasteiger partial charge in [-0.3, -0.25) is 4.79 Å². The summed E-state index contributed by atoms with van der Waals surface area (Å²) in [6, 6.07) is 9.40. The van der Waals surface area contributed by atoms with E-state index in [4.69, 9.17) is 14.6 Å². The zero-order valence-corrected chi connectivity index (χ0v) is 14.1. The van der Waals surface area contributed by atoms with Gasteiger partial charge in [0.05, 0.1) is 38.5 Å². The number of nitrogens with one attached hydrogen (secondary N) is 1. The van der Waals surface area contributed by atoms with Gasteiger partial charge >= 0.3 is 12.0 Å². The van der Waals surface area contributed by atoms with Crippen LogP contribution in [0.2, 0.25) is 0 Å². The van der Waals surface area contributed by atoms with Crippen LogP contribution in [-0.4, -0.2) is 66.6 Å². The molecular formula is C18H24N2O5. The van der Waals surface area contributed by atoms with Crippen LogP contribution in [0.4, 0.5) is 4.79 Å². The Hall–Kier alpha value is -2.12. The van der Waals surface area contributed by atoms with Crippen LogP contribution < -0.4 is 5.32 Å². The van der Waals surface area contributed by atoms with Crippen molar-refractivity contribution in [1.29, 1.82) is 0 Å². The topological polar surface area (TPSA) is 88.1 Å². The van der Waals surface area contributed by atoms with Crippen LogP contribution in [0.25, 0.3) is 0 Å². The Balaban J connectivity index is 1.60. The Morgan fingerprint density at radius 3 is 2.52 bits per heavy atom. The fourth-order valence-corrected chi connectivity index (χ4v) is 3.29. The first-order valence-electron chi connectivity index (χ1n) is 8.64. The Labute approximate surface area is 146 Å². The third-order valence-electron chi connectivity index (χ3n) is 4.49. The summed E-state index contributed by atoms with van der Waals surface area (Å²) in [5, 5.41) is 12.0. The van der Waals surface area contributed by atoms with Gasteiger partial charge in [0.15, 0.2) is 0 Å². The van der Waals surface area contributed by atoms with Crippen LogP contribution in [0.3, 0.4) is 0 Å². The van der Waals surface area contributed by atoms with E-state index in [1.807, 2.05) is 30.3 Å². The number of carboxylic acid groups (broad SMARTS) is 1. The Kier molecular flexibility index (Phi) is 5.88. The first-order valence-corrected chi connectivity index (χ1v) is 8.64. The summed E-state index contributed by atoms with van der Waals surface area (Å²) in [4.78, 5) is 25.3. The normalized spacial score (nSPS) is 23.8. The number of hydrogen-bond donors (Lipinski definition) is 2. The maximum Gasteiger partial charge on any atom is 0.317 e. The Morgan fingerprint density at radius 1 is 1.20 bits per heavy atom. The number of ether oxygens (including phenoxy) is 2. The summed E-state index contributed by atoms with van der Waals surface area (Å²) in [6.07, 6.45) is 0.880. The molecule has 3 atom stereocenters. The maximum absolute atomic E-state index is 12.6. The lowest BCUT2D eigenvalue weighted by molar-refractivity contribution is -0.171. The third kappa shape index (κ3) is 5.17. The van der Waals surface area contributed by atoms with Crippen molar-refractivity contribution in [3.63, 3.8) is 0 Å². The van der Waals surface area contributed by atoms with E-state index in [1.165, 1.54) is 0 Å². The van der Waals surface area contributed by atoms with Crippen molar-refractivity contribution in [2.75, 3.05) is 26.3 Å². The second-order valence-electron chi connectivity index (χ2n) is 6.59. The summed E-state index contributed by atoms with van der Waals surface area (Å²) >= 11 is 0. The number of aliphatic carboxylic acids is 1. The molecule has 136 valence electrons. The number of morpholine rings is 1. The first-order chi connectivity index (χ1) is 12.1. The van der Waals surface area contributed by atoms with Crippen LogP contribution in [-0.2, 0) is 20.7 Å². The number of nitrogens with zero attached hydrogens (tertiary/aromatic N) is 1. The molecule has 2 aliphatic heterocycles. The van der Waals surface area contributed by atoms with Gasteiger partial charge in [-0.1, -0.05) is 30.3 Å². The predicted molar refractivity (Wildman–Crippen MR) is 90.4 cm³/mol. The molecule has 1 aromatic carbocycles. The molecule has 0 saturated carbocycles. The maximum atomic E-state index is 12.6. The molecule has 2 amide bonds. The molecular weight excluding hydrogens is 324 g/mol. The zero-order valence-electron chi connectivity index (χ0n) is 14.1. The van der Waals surface area contributed by atoms with Crippen LogP contribution >= 0.6 is 0 Å². The van der Waals surface area contributed by atoms with Gasteiger partial charge in [0.2, 0.25) is 0 Å². The van der Waals surface area contributed by atoms with E-state index in [0.29, 0.717) is 39.1 Å². The molecule has 7 nitrogen and oxygen atoms in total. The van der Waals surface area contributed by atoms with E-state index in [-0.39, 0.29) is 30.7 Å². The summed E-state index contributed by atoms with van der Waals surface area (Å²) in [5.41, 5.74) is 1.07. The van der Waals surface area contributed by atoms with E-state index < -0.39 is 5.97 Å². The number of carbonyl (C=O) groups excluding carboxylic acids is 1. The second kappa shape index (κ2) is 8.31. The van der Waals surface area contributed by atoms with Gasteiger partial charge in [-0.15, -0.1) is 0 Å². The van der Waals surface area contributed by atoms with E-state index in [9.17, 15) is 9.59 Å². The fourth-order valence-electron chi connectivity index (χ4n) is 3.29. The van der Waals surface area contributed by atoms with Crippen LogP contribution in [0, 0.1) is 0 Å². The number of carboxylic acids is 1. The zero-order chi connectivity index (χ0) is 17.6. The number of urea groups is 1. The molecule has 3 unspecified atom stereocenters. The number of carbonyl (C=O) groups is 2. The first kappa shape index (κ1) is 17.7. The fraction of sp³-hybridized carbons (Fsp3) is 0.556. The lowest BCUT2D eigenvalue weighted by Gasteiger charge is -2.41. The smallest absolute Gasteiger partial charge is 0.317 e. The molecule has 3 rings (SSSR count). The Bertz CT molecular complexity index is 582. The minimum Gasteiger partial charge on any atom is -0.481 e.